The summed E-state index contributed by atoms with van der Waals surface area (Å²) in [7, 11) is 0. The van der Waals surface area contributed by atoms with Crippen LogP contribution >= 0.6 is 0 Å². The smallest absolute Gasteiger partial charge is 0.141 e. The maximum Gasteiger partial charge on any atom is 0.141 e. The van der Waals surface area contributed by atoms with E-state index in [1.165, 1.54) is 19.5 Å². The number of hydrogen-bond donors (Lipinski definition) is 0. The summed E-state index contributed by atoms with van der Waals surface area (Å²) in [4.78, 5) is 6.66. The van der Waals surface area contributed by atoms with Gasteiger partial charge in [0, 0.05) is 6.04 Å². The Kier molecular flexibility index (Phi) is 2.31. The molecular weight excluding hydrogens is 164 g/mol. The minimum Gasteiger partial charge on any atom is -0.296 e. The first-order valence-electron chi connectivity index (χ1n) is 4.88. The van der Waals surface area contributed by atoms with Gasteiger partial charge in [-0.25, -0.2) is 9.67 Å². The normalized spacial score (nSPS) is 17.8. The zero-order valence-corrected chi connectivity index (χ0v) is 8.27. The number of likely N-dealkylation sites (tertiary alicyclic amines) is 1. The Labute approximate surface area is 78.6 Å². The van der Waals surface area contributed by atoms with Crippen LogP contribution in [0.1, 0.15) is 32.1 Å². The number of aromatic nitrogens is 3. The Morgan fingerprint density at radius 1 is 1.46 bits per heavy atom. The molecule has 0 saturated carbocycles. The number of rotatable bonds is 3. The largest absolute Gasteiger partial charge is 0.296 e. The quantitative estimate of drug-likeness (QED) is 0.697. The van der Waals surface area contributed by atoms with Crippen molar-refractivity contribution < 1.29 is 0 Å². The molecule has 13 heavy (non-hydrogen) atoms. The molecule has 1 aliphatic heterocycles. The van der Waals surface area contributed by atoms with Crippen LogP contribution in [0.2, 0.25) is 0 Å². The van der Waals surface area contributed by atoms with Gasteiger partial charge in [0.05, 0.1) is 6.54 Å². The molecule has 1 fully saturated rings. The van der Waals surface area contributed by atoms with E-state index in [-0.39, 0.29) is 0 Å². The molecule has 0 unspecified atom stereocenters. The van der Waals surface area contributed by atoms with Crippen molar-refractivity contribution in [2.75, 3.05) is 13.1 Å². The maximum atomic E-state index is 4.27. The Hall–Kier alpha value is -0.900. The van der Waals surface area contributed by atoms with Gasteiger partial charge in [0.2, 0.25) is 0 Å². The van der Waals surface area contributed by atoms with E-state index in [9.17, 15) is 0 Å². The highest BCUT2D eigenvalue weighted by Crippen LogP contribution is 2.12. The first kappa shape index (κ1) is 8.69. The Morgan fingerprint density at radius 3 is 2.77 bits per heavy atom. The summed E-state index contributed by atoms with van der Waals surface area (Å²) >= 11 is 0. The molecule has 4 nitrogen and oxygen atoms in total. The van der Waals surface area contributed by atoms with Crippen molar-refractivity contribution in [1.82, 2.24) is 19.7 Å². The predicted octanol–water partition coefficient (Wildman–Crippen LogP) is 1.06. The summed E-state index contributed by atoms with van der Waals surface area (Å²) in [5.74, 6) is 1.09. The van der Waals surface area contributed by atoms with Gasteiger partial charge in [-0.1, -0.05) is 0 Å². The fourth-order valence-electron chi connectivity index (χ4n) is 1.56. The van der Waals surface area contributed by atoms with Crippen LogP contribution in [0.3, 0.4) is 0 Å². The first-order chi connectivity index (χ1) is 6.27. The second-order valence-corrected chi connectivity index (χ2v) is 3.84. The van der Waals surface area contributed by atoms with Crippen molar-refractivity contribution in [3.63, 3.8) is 0 Å². The van der Waals surface area contributed by atoms with Crippen molar-refractivity contribution in [1.29, 1.82) is 0 Å². The predicted molar refractivity (Wildman–Crippen MR) is 50.3 cm³/mol. The van der Waals surface area contributed by atoms with Gasteiger partial charge in [0.1, 0.15) is 12.2 Å². The molecule has 2 rings (SSSR count). The van der Waals surface area contributed by atoms with Crippen LogP contribution in [0.15, 0.2) is 6.33 Å². The summed E-state index contributed by atoms with van der Waals surface area (Å²) in [6, 6.07) is 0.416. The van der Waals surface area contributed by atoms with Crippen LogP contribution in [0.4, 0.5) is 0 Å². The summed E-state index contributed by atoms with van der Waals surface area (Å²) < 4.78 is 2.00. The second-order valence-electron chi connectivity index (χ2n) is 3.84. The number of hydrogen-bond acceptors (Lipinski definition) is 3. The zero-order chi connectivity index (χ0) is 9.26. The van der Waals surface area contributed by atoms with Crippen LogP contribution in [-0.4, -0.2) is 32.8 Å². The van der Waals surface area contributed by atoms with Crippen molar-refractivity contribution in [3.8, 4) is 0 Å². The highest BCUT2D eigenvalue weighted by molar-refractivity contribution is 4.88. The second kappa shape index (κ2) is 3.46. The van der Waals surface area contributed by atoms with Crippen LogP contribution in [0.25, 0.3) is 0 Å². The molecule has 1 aliphatic rings. The molecule has 1 saturated heterocycles. The first-order valence-corrected chi connectivity index (χ1v) is 4.88. The molecule has 0 amide bonds. The van der Waals surface area contributed by atoms with Crippen molar-refractivity contribution in [2.24, 2.45) is 0 Å². The van der Waals surface area contributed by atoms with E-state index in [4.69, 9.17) is 0 Å². The minimum absolute atomic E-state index is 0.416. The van der Waals surface area contributed by atoms with Gasteiger partial charge >= 0.3 is 0 Å². The lowest BCUT2D eigenvalue weighted by atomic mass is 10.2. The van der Waals surface area contributed by atoms with Gasteiger partial charge in [-0.15, -0.1) is 0 Å². The lowest BCUT2D eigenvalue weighted by Gasteiger charge is -2.30. The molecule has 1 aromatic heterocycles. The van der Waals surface area contributed by atoms with Gasteiger partial charge in [0.25, 0.3) is 0 Å². The third-order valence-corrected chi connectivity index (χ3v) is 2.45. The molecule has 0 radical (unpaired) electrons. The average molecular weight is 180 g/mol. The van der Waals surface area contributed by atoms with E-state index in [1.54, 1.807) is 6.33 Å². The third kappa shape index (κ3) is 1.72. The molecule has 0 bridgehead atoms. The fraction of sp³-hybridized carbons (Fsp3) is 0.778. The average Bonchev–Trinajstić information content (AvgIpc) is 2.44. The molecule has 1 aromatic rings. The molecule has 0 aromatic carbocycles. The Balaban J connectivity index is 2.05. The summed E-state index contributed by atoms with van der Waals surface area (Å²) in [5, 5.41) is 4.21. The summed E-state index contributed by atoms with van der Waals surface area (Å²) in [6.45, 7) is 7.65. The lowest BCUT2D eigenvalue weighted by Crippen LogP contribution is -2.37. The molecular formula is C9H16N4. The van der Waals surface area contributed by atoms with E-state index in [0.29, 0.717) is 6.04 Å². The molecule has 72 valence electrons. The highest BCUT2D eigenvalue weighted by atomic mass is 15.4. The molecule has 4 heteroatoms. The number of nitrogens with zero attached hydrogens (tertiary/aromatic N) is 4. The molecule has 0 aliphatic carbocycles. The van der Waals surface area contributed by atoms with E-state index >= 15 is 0 Å². The molecule has 2 heterocycles. The van der Waals surface area contributed by atoms with Gasteiger partial charge in [0.15, 0.2) is 0 Å². The van der Waals surface area contributed by atoms with Gasteiger partial charge < -0.3 is 0 Å². The van der Waals surface area contributed by atoms with E-state index < -0.39 is 0 Å². The third-order valence-electron chi connectivity index (χ3n) is 2.45. The van der Waals surface area contributed by atoms with E-state index in [2.05, 4.69) is 28.8 Å². The molecule has 0 N–H and O–H groups in total. The SMILES string of the molecule is CC(C)n1ncnc1CN1CCC1. The van der Waals surface area contributed by atoms with Crippen molar-refractivity contribution in [2.45, 2.75) is 32.9 Å². The highest BCUT2D eigenvalue weighted by Gasteiger charge is 2.17. The van der Waals surface area contributed by atoms with E-state index in [0.717, 1.165) is 12.4 Å². The monoisotopic (exact) mass is 180 g/mol. The van der Waals surface area contributed by atoms with Crippen LogP contribution in [-0.2, 0) is 6.54 Å². The lowest BCUT2D eigenvalue weighted by molar-refractivity contribution is 0.164. The van der Waals surface area contributed by atoms with Crippen LogP contribution in [0, 0.1) is 0 Å². The van der Waals surface area contributed by atoms with Crippen molar-refractivity contribution >= 4 is 0 Å². The Morgan fingerprint density at radius 2 is 2.23 bits per heavy atom. The van der Waals surface area contributed by atoms with Crippen LogP contribution in [0.5, 0.6) is 0 Å². The van der Waals surface area contributed by atoms with Gasteiger partial charge in [-0.2, -0.15) is 5.10 Å². The molecule has 0 spiro atoms. The summed E-state index contributed by atoms with van der Waals surface area (Å²) in [5.41, 5.74) is 0. The fourth-order valence-corrected chi connectivity index (χ4v) is 1.56. The van der Waals surface area contributed by atoms with E-state index in [1.807, 2.05) is 4.68 Å². The zero-order valence-electron chi connectivity index (χ0n) is 8.27. The summed E-state index contributed by atoms with van der Waals surface area (Å²) in [6.07, 6.45) is 2.98. The Bertz CT molecular complexity index is 275. The molecule has 0 atom stereocenters. The minimum atomic E-state index is 0.416. The van der Waals surface area contributed by atoms with Gasteiger partial charge in [-0.3, -0.25) is 4.90 Å². The van der Waals surface area contributed by atoms with Crippen molar-refractivity contribution in [3.05, 3.63) is 12.2 Å². The topological polar surface area (TPSA) is 34.0 Å². The van der Waals surface area contributed by atoms with Gasteiger partial charge in [-0.05, 0) is 33.4 Å². The standard InChI is InChI=1S/C9H16N4/c1-8(2)13-9(10-7-11-13)6-12-4-3-5-12/h7-8H,3-6H2,1-2H3. The van der Waals surface area contributed by atoms with Crippen LogP contribution < -0.4 is 0 Å². The maximum absolute atomic E-state index is 4.27.